The third-order valence-corrected chi connectivity index (χ3v) is 6.53. The van der Waals surface area contributed by atoms with Gasteiger partial charge in [-0.3, -0.25) is 9.10 Å². The van der Waals surface area contributed by atoms with Crippen molar-refractivity contribution >= 4 is 33.2 Å². The molecule has 1 amide bonds. The van der Waals surface area contributed by atoms with Crippen LogP contribution >= 0.6 is 11.6 Å². The summed E-state index contributed by atoms with van der Waals surface area (Å²) in [7, 11) is -2.32. The molecule has 29 heavy (non-hydrogen) atoms. The zero-order valence-electron chi connectivity index (χ0n) is 16.1. The number of hydrogen-bond acceptors (Lipinski definition) is 3. The number of aryl methyl sites for hydroxylation is 1. The standard InChI is InChI=1S/C22H21ClN2O3S/c1-16-5-3-6-17(13-16)15-24-22(26)18-7-4-8-20(14-18)25(2)29(27,28)21-11-9-19(23)10-12-21/h3-14H,15H2,1-2H3,(H,24,26). The summed E-state index contributed by atoms with van der Waals surface area (Å²) in [5.74, 6) is -0.273. The molecule has 0 aliphatic carbocycles. The average Bonchev–Trinajstić information content (AvgIpc) is 2.72. The van der Waals surface area contributed by atoms with Crippen molar-refractivity contribution in [3.05, 3.63) is 94.5 Å². The van der Waals surface area contributed by atoms with Crippen LogP contribution in [-0.4, -0.2) is 21.4 Å². The zero-order valence-corrected chi connectivity index (χ0v) is 17.7. The predicted molar refractivity (Wildman–Crippen MR) is 116 cm³/mol. The minimum absolute atomic E-state index is 0.124. The van der Waals surface area contributed by atoms with Crippen LogP contribution in [0.4, 0.5) is 5.69 Å². The number of amides is 1. The summed E-state index contributed by atoms with van der Waals surface area (Å²) in [6.45, 7) is 2.38. The normalized spacial score (nSPS) is 11.1. The van der Waals surface area contributed by atoms with E-state index in [2.05, 4.69) is 5.32 Å². The molecule has 0 heterocycles. The molecular formula is C22H21ClN2O3S. The molecule has 0 atom stereocenters. The van der Waals surface area contributed by atoms with Crippen molar-refractivity contribution in [2.75, 3.05) is 11.4 Å². The van der Waals surface area contributed by atoms with E-state index in [9.17, 15) is 13.2 Å². The molecule has 0 saturated heterocycles. The summed E-state index contributed by atoms with van der Waals surface area (Å²) in [6, 6.07) is 20.3. The topological polar surface area (TPSA) is 66.5 Å². The second kappa shape index (κ2) is 8.68. The highest BCUT2D eigenvalue weighted by atomic mass is 35.5. The van der Waals surface area contributed by atoms with E-state index in [1.807, 2.05) is 31.2 Å². The highest BCUT2D eigenvalue weighted by Gasteiger charge is 2.22. The van der Waals surface area contributed by atoms with Gasteiger partial charge in [-0.05, 0) is 55.0 Å². The van der Waals surface area contributed by atoms with Crippen molar-refractivity contribution in [2.24, 2.45) is 0 Å². The Labute approximate surface area is 176 Å². The average molecular weight is 429 g/mol. The number of carbonyl (C=O) groups excluding carboxylic acids is 1. The maximum Gasteiger partial charge on any atom is 0.264 e. The molecular weight excluding hydrogens is 408 g/mol. The van der Waals surface area contributed by atoms with Gasteiger partial charge in [0.1, 0.15) is 0 Å². The highest BCUT2D eigenvalue weighted by Crippen LogP contribution is 2.24. The van der Waals surface area contributed by atoms with Crippen LogP contribution in [0.5, 0.6) is 0 Å². The van der Waals surface area contributed by atoms with Crippen LogP contribution < -0.4 is 9.62 Å². The van der Waals surface area contributed by atoms with E-state index in [-0.39, 0.29) is 10.8 Å². The van der Waals surface area contributed by atoms with Crippen molar-refractivity contribution in [3.8, 4) is 0 Å². The van der Waals surface area contributed by atoms with E-state index in [1.165, 1.54) is 31.3 Å². The van der Waals surface area contributed by atoms with Gasteiger partial charge >= 0.3 is 0 Å². The Morgan fingerprint density at radius 3 is 2.38 bits per heavy atom. The van der Waals surface area contributed by atoms with Crippen molar-refractivity contribution < 1.29 is 13.2 Å². The Morgan fingerprint density at radius 1 is 1.00 bits per heavy atom. The third kappa shape index (κ3) is 4.96. The summed E-state index contributed by atoms with van der Waals surface area (Å²) >= 11 is 5.84. The summed E-state index contributed by atoms with van der Waals surface area (Å²) in [6.07, 6.45) is 0. The first-order chi connectivity index (χ1) is 13.8. The minimum Gasteiger partial charge on any atom is -0.348 e. The Hall–Kier alpha value is -2.83. The molecule has 0 spiro atoms. The zero-order chi connectivity index (χ0) is 21.0. The summed E-state index contributed by atoms with van der Waals surface area (Å²) in [5, 5.41) is 3.32. The third-order valence-electron chi connectivity index (χ3n) is 4.48. The maximum atomic E-state index is 12.8. The SMILES string of the molecule is Cc1cccc(CNC(=O)c2cccc(N(C)S(=O)(=O)c3ccc(Cl)cc3)c2)c1. The first kappa shape index (κ1) is 20.9. The highest BCUT2D eigenvalue weighted by molar-refractivity contribution is 7.92. The molecule has 3 aromatic rings. The van der Waals surface area contributed by atoms with E-state index in [4.69, 9.17) is 11.6 Å². The van der Waals surface area contributed by atoms with Gasteiger partial charge < -0.3 is 5.32 Å². The molecule has 0 aliphatic rings. The van der Waals surface area contributed by atoms with Gasteiger partial charge in [0.15, 0.2) is 0 Å². The van der Waals surface area contributed by atoms with Gasteiger partial charge in [-0.1, -0.05) is 47.5 Å². The first-order valence-corrected chi connectivity index (χ1v) is 10.8. The summed E-state index contributed by atoms with van der Waals surface area (Å²) in [5.41, 5.74) is 2.89. The molecule has 0 aliphatic heterocycles. The largest absolute Gasteiger partial charge is 0.348 e. The van der Waals surface area contributed by atoms with Gasteiger partial charge in [0.2, 0.25) is 0 Å². The van der Waals surface area contributed by atoms with Crippen LogP contribution in [0.15, 0.2) is 77.7 Å². The fraction of sp³-hybridized carbons (Fsp3) is 0.136. The predicted octanol–water partition coefficient (Wildman–Crippen LogP) is 4.40. The lowest BCUT2D eigenvalue weighted by atomic mass is 10.1. The summed E-state index contributed by atoms with van der Waals surface area (Å²) < 4.78 is 26.8. The van der Waals surface area contributed by atoms with Crippen LogP contribution in [0, 0.1) is 6.92 Å². The number of nitrogens with zero attached hydrogens (tertiary/aromatic N) is 1. The van der Waals surface area contributed by atoms with E-state index in [1.54, 1.807) is 24.3 Å². The van der Waals surface area contributed by atoms with Gasteiger partial charge in [0, 0.05) is 24.2 Å². The Kier molecular flexibility index (Phi) is 6.25. The van der Waals surface area contributed by atoms with Crippen molar-refractivity contribution in [2.45, 2.75) is 18.4 Å². The van der Waals surface area contributed by atoms with E-state index in [0.29, 0.717) is 22.8 Å². The van der Waals surface area contributed by atoms with Crippen molar-refractivity contribution in [3.63, 3.8) is 0 Å². The number of benzene rings is 3. The second-order valence-electron chi connectivity index (χ2n) is 6.65. The van der Waals surface area contributed by atoms with Crippen molar-refractivity contribution in [1.29, 1.82) is 0 Å². The van der Waals surface area contributed by atoms with Crippen LogP contribution in [0.3, 0.4) is 0 Å². The molecule has 0 saturated carbocycles. The maximum absolute atomic E-state index is 12.8. The number of rotatable bonds is 6. The van der Waals surface area contributed by atoms with Crippen LogP contribution in [0.2, 0.25) is 5.02 Å². The van der Waals surface area contributed by atoms with Crippen LogP contribution in [0.1, 0.15) is 21.5 Å². The van der Waals surface area contributed by atoms with Gasteiger partial charge in [-0.25, -0.2) is 8.42 Å². The number of sulfonamides is 1. The molecule has 3 rings (SSSR count). The molecule has 0 radical (unpaired) electrons. The van der Waals surface area contributed by atoms with Gasteiger partial charge in [-0.15, -0.1) is 0 Å². The van der Waals surface area contributed by atoms with Crippen LogP contribution in [0.25, 0.3) is 0 Å². The lowest BCUT2D eigenvalue weighted by Gasteiger charge is -2.20. The number of anilines is 1. The van der Waals surface area contributed by atoms with Gasteiger partial charge in [-0.2, -0.15) is 0 Å². The van der Waals surface area contributed by atoms with Crippen LogP contribution in [-0.2, 0) is 16.6 Å². The molecule has 1 N–H and O–H groups in total. The summed E-state index contributed by atoms with van der Waals surface area (Å²) in [4.78, 5) is 12.7. The van der Waals surface area contributed by atoms with E-state index < -0.39 is 10.0 Å². The Morgan fingerprint density at radius 2 is 1.69 bits per heavy atom. The molecule has 7 heteroatoms. The molecule has 5 nitrogen and oxygen atoms in total. The molecule has 0 aromatic heterocycles. The smallest absolute Gasteiger partial charge is 0.264 e. The molecule has 0 bridgehead atoms. The fourth-order valence-electron chi connectivity index (χ4n) is 2.85. The Balaban J connectivity index is 1.77. The van der Waals surface area contributed by atoms with E-state index >= 15 is 0 Å². The molecule has 0 unspecified atom stereocenters. The number of halogens is 1. The van der Waals surface area contributed by atoms with Gasteiger partial charge in [0.25, 0.3) is 15.9 Å². The minimum atomic E-state index is -3.77. The lowest BCUT2D eigenvalue weighted by Crippen LogP contribution is -2.27. The van der Waals surface area contributed by atoms with E-state index in [0.717, 1.165) is 15.4 Å². The molecule has 3 aromatic carbocycles. The number of nitrogens with one attached hydrogen (secondary N) is 1. The number of hydrogen-bond donors (Lipinski definition) is 1. The Bertz CT molecular complexity index is 1130. The van der Waals surface area contributed by atoms with Gasteiger partial charge in [0.05, 0.1) is 10.6 Å². The number of carbonyl (C=O) groups is 1. The monoisotopic (exact) mass is 428 g/mol. The fourth-order valence-corrected chi connectivity index (χ4v) is 4.17. The lowest BCUT2D eigenvalue weighted by molar-refractivity contribution is 0.0951. The molecule has 150 valence electrons. The quantitative estimate of drug-likeness (QED) is 0.632. The molecule has 0 fully saturated rings. The second-order valence-corrected chi connectivity index (χ2v) is 9.05. The van der Waals surface area contributed by atoms with Crippen molar-refractivity contribution in [1.82, 2.24) is 5.32 Å². The first-order valence-electron chi connectivity index (χ1n) is 8.96.